The number of nitrogens with zero attached hydrogens (tertiary/aromatic N) is 2. The van der Waals surface area contributed by atoms with E-state index in [2.05, 4.69) is 10.2 Å². The van der Waals surface area contributed by atoms with Crippen LogP contribution in [-0.2, 0) is 0 Å². The van der Waals surface area contributed by atoms with E-state index in [1.54, 1.807) is 0 Å². The van der Waals surface area contributed by atoms with E-state index in [0.29, 0.717) is 5.54 Å². The van der Waals surface area contributed by atoms with E-state index in [0.717, 1.165) is 13.1 Å². The van der Waals surface area contributed by atoms with Crippen LogP contribution < -0.4 is 5.32 Å². The Bertz CT molecular complexity index is 304. The van der Waals surface area contributed by atoms with Gasteiger partial charge in [-0.1, -0.05) is 31.0 Å². The summed E-state index contributed by atoms with van der Waals surface area (Å²) >= 11 is 1.95. The van der Waals surface area contributed by atoms with Crippen LogP contribution >= 0.6 is 11.8 Å². The van der Waals surface area contributed by atoms with Crippen LogP contribution in [-0.4, -0.2) is 47.5 Å². The van der Waals surface area contributed by atoms with E-state index < -0.39 is 0 Å². The largest absolute Gasteiger partial charge is 0.359 e. The lowest BCUT2D eigenvalue weighted by molar-refractivity contribution is 0.303. The molecular formula is C14H25N3S. The van der Waals surface area contributed by atoms with Crippen LogP contribution in [0.5, 0.6) is 0 Å². The first-order valence-corrected chi connectivity index (χ1v) is 8.53. The molecule has 1 saturated carbocycles. The van der Waals surface area contributed by atoms with Crippen LogP contribution in [0.3, 0.4) is 0 Å². The number of amidine groups is 1. The summed E-state index contributed by atoms with van der Waals surface area (Å²) in [6, 6.07) is 0. The van der Waals surface area contributed by atoms with Crippen LogP contribution in [0.2, 0.25) is 0 Å². The van der Waals surface area contributed by atoms with Gasteiger partial charge in [-0.2, -0.15) is 0 Å². The van der Waals surface area contributed by atoms with Crippen LogP contribution in [0.1, 0.15) is 44.9 Å². The second-order valence-corrected chi connectivity index (χ2v) is 6.95. The van der Waals surface area contributed by atoms with E-state index in [1.807, 2.05) is 11.8 Å². The van der Waals surface area contributed by atoms with Crippen molar-refractivity contribution in [3.05, 3.63) is 0 Å². The maximum Gasteiger partial charge on any atom is 0.157 e. The average Bonchev–Trinajstić information content (AvgIpc) is 3.02. The van der Waals surface area contributed by atoms with Crippen LogP contribution in [0.15, 0.2) is 4.99 Å². The quantitative estimate of drug-likeness (QED) is 0.851. The minimum atomic E-state index is 0.412. The van der Waals surface area contributed by atoms with E-state index in [1.165, 1.54) is 69.0 Å². The molecule has 3 fully saturated rings. The highest BCUT2D eigenvalue weighted by molar-refractivity contribution is 8.14. The third kappa shape index (κ3) is 3.02. The van der Waals surface area contributed by atoms with Gasteiger partial charge in [0.25, 0.3) is 0 Å². The van der Waals surface area contributed by atoms with Crippen molar-refractivity contribution in [2.45, 2.75) is 50.5 Å². The van der Waals surface area contributed by atoms with E-state index in [9.17, 15) is 0 Å². The lowest BCUT2D eigenvalue weighted by Crippen LogP contribution is -2.45. The van der Waals surface area contributed by atoms with Crippen LogP contribution in [0.4, 0.5) is 0 Å². The fourth-order valence-corrected chi connectivity index (χ4v) is 4.63. The molecule has 2 aliphatic heterocycles. The monoisotopic (exact) mass is 267 g/mol. The molecule has 3 aliphatic rings. The minimum Gasteiger partial charge on any atom is -0.359 e. The van der Waals surface area contributed by atoms with Crippen molar-refractivity contribution in [3.8, 4) is 0 Å². The molecule has 0 aromatic rings. The Kier molecular flexibility index (Phi) is 4.14. The first-order chi connectivity index (χ1) is 8.86. The summed E-state index contributed by atoms with van der Waals surface area (Å²) in [6.07, 6.45) is 9.69. The SMILES string of the molecule is C1CCC2(CC1)CSC(=NCCN1CCCC1)N2. The molecule has 3 rings (SSSR count). The number of thioether (sulfide) groups is 1. The summed E-state index contributed by atoms with van der Waals surface area (Å²) in [4.78, 5) is 7.30. The third-order valence-corrected chi connectivity index (χ3v) is 5.74. The summed E-state index contributed by atoms with van der Waals surface area (Å²) in [5.41, 5.74) is 0.412. The molecule has 0 bridgehead atoms. The Balaban J connectivity index is 1.45. The van der Waals surface area contributed by atoms with Gasteiger partial charge in [-0.25, -0.2) is 0 Å². The lowest BCUT2D eigenvalue weighted by atomic mass is 9.83. The second-order valence-electron chi connectivity index (χ2n) is 5.99. The Morgan fingerprint density at radius 2 is 1.89 bits per heavy atom. The third-order valence-electron chi connectivity index (χ3n) is 4.54. The number of hydrogen-bond donors (Lipinski definition) is 1. The standard InChI is InChI=1S/C14H25N3S/c1-2-6-14(7-3-1)12-18-13(16-14)15-8-11-17-9-4-5-10-17/h1-12H2,(H,15,16). The van der Waals surface area contributed by atoms with Crippen molar-refractivity contribution in [1.82, 2.24) is 10.2 Å². The van der Waals surface area contributed by atoms with Gasteiger partial charge in [0.2, 0.25) is 0 Å². The summed E-state index contributed by atoms with van der Waals surface area (Å²) in [5, 5.41) is 4.94. The number of likely N-dealkylation sites (tertiary alicyclic amines) is 1. The molecule has 2 heterocycles. The number of rotatable bonds is 3. The molecule has 0 aromatic heterocycles. The summed E-state index contributed by atoms with van der Waals surface area (Å²) in [7, 11) is 0. The number of hydrogen-bond acceptors (Lipinski definition) is 3. The smallest absolute Gasteiger partial charge is 0.157 e. The molecule has 0 unspecified atom stereocenters. The van der Waals surface area contributed by atoms with Gasteiger partial charge in [0.1, 0.15) is 0 Å². The van der Waals surface area contributed by atoms with Crippen molar-refractivity contribution in [1.29, 1.82) is 0 Å². The average molecular weight is 267 g/mol. The van der Waals surface area contributed by atoms with Crippen molar-refractivity contribution in [3.63, 3.8) is 0 Å². The van der Waals surface area contributed by atoms with E-state index in [-0.39, 0.29) is 0 Å². The number of nitrogens with one attached hydrogen (secondary N) is 1. The Morgan fingerprint density at radius 3 is 2.67 bits per heavy atom. The van der Waals surface area contributed by atoms with Gasteiger partial charge in [0.05, 0.1) is 6.54 Å². The first kappa shape index (κ1) is 12.8. The Labute approximate surface area is 115 Å². The predicted octanol–water partition coefficient (Wildman–Crippen LogP) is 2.48. The van der Waals surface area contributed by atoms with Gasteiger partial charge in [-0.3, -0.25) is 4.99 Å². The molecule has 0 aromatic carbocycles. The highest BCUT2D eigenvalue weighted by Crippen LogP contribution is 2.36. The fourth-order valence-electron chi connectivity index (χ4n) is 3.39. The highest BCUT2D eigenvalue weighted by Gasteiger charge is 2.37. The predicted molar refractivity (Wildman–Crippen MR) is 79.4 cm³/mol. The Hall–Kier alpha value is -0.220. The zero-order valence-corrected chi connectivity index (χ0v) is 12.1. The summed E-state index contributed by atoms with van der Waals surface area (Å²) in [5.74, 6) is 1.25. The normalized spacial score (nSPS) is 30.1. The van der Waals surface area contributed by atoms with Crippen LogP contribution in [0.25, 0.3) is 0 Å². The first-order valence-electron chi connectivity index (χ1n) is 7.54. The number of aliphatic imine (C=N–C) groups is 1. The van der Waals surface area contributed by atoms with Gasteiger partial charge in [-0.15, -0.1) is 0 Å². The molecule has 18 heavy (non-hydrogen) atoms. The summed E-state index contributed by atoms with van der Waals surface area (Å²) < 4.78 is 0. The van der Waals surface area contributed by atoms with E-state index >= 15 is 0 Å². The summed E-state index contributed by atoms with van der Waals surface area (Å²) in [6.45, 7) is 4.70. The topological polar surface area (TPSA) is 27.6 Å². The van der Waals surface area contributed by atoms with E-state index in [4.69, 9.17) is 4.99 Å². The van der Waals surface area contributed by atoms with Crippen molar-refractivity contribution >= 4 is 16.9 Å². The van der Waals surface area contributed by atoms with Crippen molar-refractivity contribution in [2.24, 2.45) is 4.99 Å². The van der Waals surface area contributed by atoms with Gasteiger partial charge >= 0.3 is 0 Å². The molecule has 1 aliphatic carbocycles. The van der Waals surface area contributed by atoms with Crippen molar-refractivity contribution < 1.29 is 0 Å². The minimum absolute atomic E-state index is 0.412. The zero-order valence-electron chi connectivity index (χ0n) is 11.3. The molecule has 2 saturated heterocycles. The molecule has 102 valence electrons. The fraction of sp³-hybridized carbons (Fsp3) is 0.929. The molecule has 1 spiro atoms. The second kappa shape index (κ2) is 5.83. The molecule has 0 atom stereocenters. The van der Waals surface area contributed by atoms with Gasteiger partial charge in [-0.05, 0) is 38.8 Å². The van der Waals surface area contributed by atoms with Gasteiger partial charge in [0.15, 0.2) is 5.17 Å². The Morgan fingerprint density at radius 1 is 1.11 bits per heavy atom. The highest BCUT2D eigenvalue weighted by atomic mass is 32.2. The zero-order chi connectivity index (χ0) is 12.3. The lowest BCUT2D eigenvalue weighted by Gasteiger charge is -2.32. The molecule has 0 radical (unpaired) electrons. The molecule has 3 nitrogen and oxygen atoms in total. The van der Waals surface area contributed by atoms with Gasteiger partial charge in [0, 0.05) is 17.8 Å². The van der Waals surface area contributed by atoms with Crippen LogP contribution in [0, 0.1) is 0 Å². The maximum absolute atomic E-state index is 4.76. The molecule has 1 N–H and O–H groups in total. The molecular weight excluding hydrogens is 242 g/mol. The van der Waals surface area contributed by atoms with Gasteiger partial charge < -0.3 is 10.2 Å². The molecule has 4 heteroatoms. The van der Waals surface area contributed by atoms with Crippen molar-refractivity contribution in [2.75, 3.05) is 31.9 Å². The molecule has 0 amide bonds. The maximum atomic E-state index is 4.76.